The second-order valence-corrected chi connectivity index (χ2v) is 11.5. The van der Waals surface area contributed by atoms with E-state index in [1.54, 1.807) is 0 Å². The fourth-order valence-electron chi connectivity index (χ4n) is 5.73. The summed E-state index contributed by atoms with van der Waals surface area (Å²) in [6.07, 6.45) is 27.7. The lowest BCUT2D eigenvalue weighted by atomic mass is 9.99. The number of carboxylic acid groups (broad SMARTS) is 3. The van der Waals surface area contributed by atoms with Crippen LogP contribution in [0, 0.1) is 0 Å². The van der Waals surface area contributed by atoms with Crippen LogP contribution >= 0.6 is 0 Å². The molecule has 0 aliphatic heterocycles. The third kappa shape index (κ3) is 15.5. The van der Waals surface area contributed by atoms with Crippen LogP contribution in [0.5, 0.6) is 0 Å². The van der Waals surface area contributed by atoms with Crippen LogP contribution in [0.3, 0.4) is 0 Å². The Hall–Kier alpha value is -1.89. The van der Waals surface area contributed by atoms with E-state index in [2.05, 4.69) is 19.1 Å². The highest BCUT2D eigenvalue weighted by Crippen LogP contribution is 2.27. The number of allylic oxidation sites excluding steroid dienone is 2. The molecule has 0 aliphatic carbocycles. The van der Waals surface area contributed by atoms with Crippen molar-refractivity contribution in [1.29, 1.82) is 0 Å². The second-order valence-electron chi connectivity index (χ2n) is 11.5. The molecule has 3 N–H and O–H groups in total. The van der Waals surface area contributed by atoms with Crippen molar-refractivity contribution in [3.05, 3.63) is 12.2 Å². The molecule has 0 radical (unpaired) electrons. The molecule has 0 aliphatic rings. The zero-order chi connectivity index (χ0) is 29.5. The highest BCUT2D eigenvalue weighted by atomic mass is 16.4. The molecular formula is C32H60NO6+. The average molecular weight is 555 g/mol. The lowest BCUT2D eigenvalue weighted by Crippen LogP contribution is -2.70. The molecule has 0 amide bonds. The summed E-state index contributed by atoms with van der Waals surface area (Å²) in [5.41, 5.74) is 0. The van der Waals surface area contributed by atoms with E-state index in [-0.39, 0.29) is 6.54 Å². The largest absolute Gasteiger partial charge is 0.477 e. The number of hydrogen-bond acceptors (Lipinski definition) is 3. The summed E-state index contributed by atoms with van der Waals surface area (Å²) >= 11 is 0. The van der Waals surface area contributed by atoms with Crippen LogP contribution in [-0.4, -0.2) is 62.4 Å². The monoisotopic (exact) mass is 554 g/mol. The van der Waals surface area contributed by atoms with Gasteiger partial charge in [0, 0.05) is 0 Å². The Morgan fingerprint density at radius 1 is 0.513 bits per heavy atom. The summed E-state index contributed by atoms with van der Waals surface area (Å²) in [6.45, 7) is 6.73. The van der Waals surface area contributed by atoms with Gasteiger partial charge in [-0.3, -0.25) is 4.48 Å². The van der Waals surface area contributed by atoms with E-state index < -0.39 is 40.5 Å². The second kappa shape index (κ2) is 22.9. The Bertz CT molecular complexity index is 642. The molecule has 0 bridgehead atoms. The van der Waals surface area contributed by atoms with Gasteiger partial charge in [0.1, 0.15) is 0 Å². The quantitative estimate of drug-likeness (QED) is 0.0536. The van der Waals surface area contributed by atoms with E-state index >= 15 is 0 Å². The summed E-state index contributed by atoms with van der Waals surface area (Å²) in [5.74, 6) is -3.51. The van der Waals surface area contributed by atoms with Gasteiger partial charge in [0.15, 0.2) is 18.1 Å². The minimum absolute atomic E-state index is 0.227. The minimum atomic E-state index is -1.17. The molecule has 0 rings (SSSR count). The first-order valence-corrected chi connectivity index (χ1v) is 15.8. The molecule has 3 atom stereocenters. The number of rotatable bonds is 27. The molecule has 3 unspecified atom stereocenters. The van der Waals surface area contributed by atoms with Crippen molar-refractivity contribution in [2.75, 3.05) is 6.54 Å². The Morgan fingerprint density at radius 2 is 0.795 bits per heavy atom. The van der Waals surface area contributed by atoms with E-state index in [0.717, 1.165) is 19.3 Å². The Morgan fingerprint density at radius 3 is 1.10 bits per heavy atom. The topological polar surface area (TPSA) is 112 Å². The number of nitrogens with zero attached hydrogens (tertiary/aromatic N) is 1. The standard InChI is InChI=1S/C32H59NO6/c1-5-6-7-8-9-10-11-12-13-14-15-16-17-18-19-20-21-22-23-24-25-26-33(27(2)30(34)35,28(3)31(36)37)29(4)32(38)39/h7-8,27-29H,5-6,9-26H2,1-4H3,(H2-,34,35,36,37,38,39)/p+1/b8-7+. The van der Waals surface area contributed by atoms with Gasteiger partial charge in [-0.15, -0.1) is 0 Å². The lowest BCUT2D eigenvalue weighted by molar-refractivity contribution is -0.968. The highest BCUT2D eigenvalue weighted by molar-refractivity contribution is 5.77. The lowest BCUT2D eigenvalue weighted by Gasteiger charge is -2.47. The Balaban J connectivity index is 4.00. The number of aliphatic carboxylic acids is 3. The van der Waals surface area contributed by atoms with Crippen molar-refractivity contribution >= 4 is 17.9 Å². The maximum atomic E-state index is 11.8. The first kappa shape index (κ1) is 37.1. The van der Waals surface area contributed by atoms with Gasteiger partial charge in [-0.25, -0.2) is 14.4 Å². The van der Waals surface area contributed by atoms with Crippen LogP contribution in [0.15, 0.2) is 12.2 Å². The molecule has 0 heterocycles. The predicted octanol–water partition coefficient (Wildman–Crippen LogP) is 8.21. The number of hydrogen-bond donors (Lipinski definition) is 3. The zero-order valence-electron chi connectivity index (χ0n) is 25.5. The Kier molecular flexibility index (Phi) is 21.8. The third-order valence-electron chi connectivity index (χ3n) is 8.52. The fourth-order valence-corrected chi connectivity index (χ4v) is 5.73. The van der Waals surface area contributed by atoms with Crippen molar-refractivity contribution in [2.24, 2.45) is 0 Å². The van der Waals surface area contributed by atoms with Gasteiger partial charge in [0.05, 0.1) is 6.54 Å². The number of carbonyl (C=O) groups is 3. The molecular weight excluding hydrogens is 494 g/mol. The summed E-state index contributed by atoms with van der Waals surface area (Å²) in [4.78, 5) is 35.4. The molecule has 0 saturated heterocycles. The first-order chi connectivity index (χ1) is 18.6. The Labute approximate surface area is 238 Å². The molecule has 228 valence electrons. The van der Waals surface area contributed by atoms with Gasteiger partial charge in [-0.1, -0.05) is 109 Å². The maximum Gasteiger partial charge on any atom is 0.362 e. The molecule has 0 spiro atoms. The van der Waals surface area contributed by atoms with Crippen molar-refractivity contribution in [2.45, 2.75) is 168 Å². The van der Waals surface area contributed by atoms with Gasteiger partial charge in [-0.05, 0) is 52.9 Å². The van der Waals surface area contributed by atoms with E-state index in [1.165, 1.54) is 117 Å². The summed E-state index contributed by atoms with van der Waals surface area (Å²) in [7, 11) is 0. The van der Waals surface area contributed by atoms with Crippen molar-refractivity contribution in [3.8, 4) is 0 Å². The van der Waals surface area contributed by atoms with Crippen LogP contribution in [0.2, 0.25) is 0 Å². The number of carboxylic acids is 3. The van der Waals surface area contributed by atoms with E-state index in [9.17, 15) is 29.7 Å². The van der Waals surface area contributed by atoms with Crippen molar-refractivity contribution < 1.29 is 34.2 Å². The molecule has 0 aromatic carbocycles. The first-order valence-electron chi connectivity index (χ1n) is 15.8. The van der Waals surface area contributed by atoms with Gasteiger partial charge >= 0.3 is 17.9 Å². The molecule has 0 aromatic heterocycles. The minimum Gasteiger partial charge on any atom is -0.477 e. The fraction of sp³-hybridized carbons (Fsp3) is 0.844. The summed E-state index contributed by atoms with van der Waals surface area (Å²) < 4.78 is -0.475. The number of quaternary nitrogens is 1. The van der Waals surface area contributed by atoms with E-state index in [4.69, 9.17) is 0 Å². The molecule has 39 heavy (non-hydrogen) atoms. The van der Waals surface area contributed by atoms with Crippen LogP contribution in [0.1, 0.15) is 150 Å². The van der Waals surface area contributed by atoms with E-state index in [1.807, 2.05) is 0 Å². The van der Waals surface area contributed by atoms with Crippen LogP contribution in [-0.2, 0) is 14.4 Å². The molecule has 0 saturated carbocycles. The molecule has 0 aromatic rings. The van der Waals surface area contributed by atoms with Crippen LogP contribution < -0.4 is 0 Å². The summed E-state index contributed by atoms with van der Waals surface area (Å²) in [5, 5.41) is 28.9. The van der Waals surface area contributed by atoms with Crippen molar-refractivity contribution in [3.63, 3.8) is 0 Å². The SMILES string of the molecule is CCC/C=C/CCCCCCCCCCCCCCCCCC[N+](C(C)C(=O)O)(C(C)C(=O)O)C(C)C(=O)O. The molecule has 7 heteroatoms. The molecule has 0 fully saturated rings. The smallest absolute Gasteiger partial charge is 0.362 e. The maximum absolute atomic E-state index is 11.8. The van der Waals surface area contributed by atoms with Gasteiger partial charge in [0.25, 0.3) is 0 Å². The van der Waals surface area contributed by atoms with Gasteiger partial charge < -0.3 is 15.3 Å². The average Bonchev–Trinajstić information content (AvgIpc) is 2.90. The normalized spacial score (nSPS) is 15.6. The highest BCUT2D eigenvalue weighted by Gasteiger charge is 2.52. The third-order valence-corrected chi connectivity index (χ3v) is 8.52. The van der Waals surface area contributed by atoms with Gasteiger partial charge in [0.2, 0.25) is 0 Å². The van der Waals surface area contributed by atoms with Gasteiger partial charge in [-0.2, -0.15) is 0 Å². The van der Waals surface area contributed by atoms with Crippen molar-refractivity contribution in [1.82, 2.24) is 0 Å². The predicted molar refractivity (Wildman–Crippen MR) is 159 cm³/mol. The van der Waals surface area contributed by atoms with E-state index in [0.29, 0.717) is 6.42 Å². The molecule has 7 nitrogen and oxygen atoms in total. The summed E-state index contributed by atoms with van der Waals surface area (Å²) in [6, 6.07) is -3.36. The zero-order valence-corrected chi connectivity index (χ0v) is 25.5. The van der Waals surface area contributed by atoms with Crippen LogP contribution in [0.4, 0.5) is 0 Å². The van der Waals surface area contributed by atoms with Crippen LogP contribution in [0.25, 0.3) is 0 Å². The number of unbranched alkanes of at least 4 members (excludes halogenated alkanes) is 17.